The van der Waals surface area contributed by atoms with E-state index in [0.717, 1.165) is 6.54 Å². The molecular formula is C14H29N3O3. The van der Waals surface area contributed by atoms with E-state index in [1.165, 1.54) is 0 Å². The normalized spacial score (nSPS) is 13.1. The maximum absolute atomic E-state index is 11.7. The Morgan fingerprint density at radius 3 is 1.90 bits per heavy atom. The molecular weight excluding hydrogens is 258 g/mol. The SMILES string of the molecule is CC(C)[C@@H](NC(=O)NCCN(C(C)C)C(C)C)C(=O)O. The van der Waals surface area contributed by atoms with Crippen molar-refractivity contribution in [2.45, 2.75) is 59.7 Å². The summed E-state index contributed by atoms with van der Waals surface area (Å²) < 4.78 is 0. The molecule has 0 aliphatic carbocycles. The first-order chi connectivity index (χ1) is 9.16. The summed E-state index contributed by atoms with van der Waals surface area (Å²) in [5.74, 6) is -1.16. The van der Waals surface area contributed by atoms with Gasteiger partial charge in [-0.2, -0.15) is 0 Å². The molecule has 0 saturated carbocycles. The molecule has 0 spiro atoms. The highest BCUT2D eigenvalue weighted by molar-refractivity contribution is 5.82. The number of carbonyl (C=O) groups excluding carboxylic acids is 1. The third kappa shape index (κ3) is 6.75. The standard InChI is InChI=1S/C14H29N3O3/c1-9(2)12(13(18)19)16-14(20)15-7-8-17(10(3)4)11(5)6/h9-12H,7-8H2,1-6H3,(H,18,19)(H2,15,16,20)/t12-/m1/s1. The number of rotatable bonds is 8. The van der Waals surface area contributed by atoms with Crippen molar-refractivity contribution in [3.8, 4) is 0 Å². The smallest absolute Gasteiger partial charge is 0.326 e. The van der Waals surface area contributed by atoms with Gasteiger partial charge >= 0.3 is 12.0 Å². The van der Waals surface area contributed by atoms with E-state index in [4.69, 9.17) is 5.11 Å². The Balaban J connectivity index is 4.19. The summed E-state index contributed by atoms with van der Waals surface area (Å²) in [5, 5.41) is 14.2. The van der Waals surface area contributed by atoms with E-state index >= 15 is 0 Å². The lowest BCUT2D eigenvalue weighted by atomic mass is 10.1. The van der Waals surface area contributed by atoms with Crippen LogP contribution in [0.15, 0.2) is 0 Å². The van der Waals surface area contributed by atoms with Gasteiger partial charge in [0.1, 0.15) is 6.04 Å². The van der Waals surface area contributed by atoms with Gasteiger partial charge in [0.05, 0.1) is 0 Å². The van der Waals surface area contributed by atoms with Crippen molar-refractivity contribution in [2.24, 2.45) is 5.92 Å². The monoisotopic (exact) mass is 287 g/mol. The molecule has 20 heavy (non-hydrogen) atoms. The highest BCUT2D eigenvalue weighted by atomic mass is 16.4. The zero-order chi connectivity index (χ0) is 15.9. The Bertz CT molecular complexity index is 309. The molecule has 6 nitrogen and oxygen atoms in total. The summed E-state index contributed by atoms with van der Waals surface area (Å²) in [7, 11) is 0. The van der Waals surface area contributed by atoms with E-state index in [1.54, 1.807) is 13.8 Å². The number of carboxylic acid groups (broad SMARTS) is 1. The maximum Gasteiger partial charge on any atom is 0.326 e. The van der Waals surface area contributed by atoms with Gasteiger partial charge < -0.3 is 15.7 Å². The van der Waals surface area contributed by atoms with E-state index in [9.17, 15) is 9.59 Å². The van der Waals surface area contributed by atoms with Crippen molar-refractivity contribution < 1.29 is 14.7 Å². The quantitative estimate of drug-likeness (QED) is 0.632. The largest absolute Gasteiger partial charge is 0.480 e. The number of amides is 2. The average Bonchev–Trinajstić information content (AvgIpc) is 2.29. The summed E-state index contributed by atoms with van der Waals surface area (Å²) in [6.45, 7) is 13.2. The number of carboxylic acids is 1. The highest BCUT2D eigenvalue weighted by Crippen LogP contribution is 2.03. The summed E-state index contributed by atoms with van der Waals surface area (Å²) >= 11 is 0. The lowest BCUT2D eigenvalue weighted by Gasteiger charge is -2.30. The summed E-state index contributed by atoms with van der Waals surface area (Å²) in [4.78, 5) is 24.9. The van der Waals surface area contributed by atoms with Crippen molar-refractivity contribution in [3.05, 3.63) is 0 Å². The van der Waals surface area contributed by atoms with Crippen molar-refractivity contribution in [3.63, 3.8) is 0 Å². The lowest BCUT2D eigenvalue weighted by Crippen LogP contribution is -2.50. The van der Waals surface area contributed by atoms with Crippen LogP contribution in [-0.2, 0) is 4.79 Å². The molecule has 0 unspecified atom stereocenters. The molecule has 1 atom stereocenters. The molecule has 0 heterocycles. The Kier molecular flexibility index (Phi) is 8.22. The number of carbonyl (C=O) groups is 2. The second-order valence-corrected chi connectivity index (χ2v) is 5.89. The van der Waals surface area contributed by atoms with Gasteiger partial charge in [-0.1, -0.05) is 13.8 Å². The zero-order valence-electron chi connectivity index (χ0n) is 13.4. The Morgan fingerprint density at radius 2 is 1.55 bits per heavy atom. The van der Waals surface area contributed by atoms with Gasteiger partial charge in [-0.05, 0) is 33.6 Å². The van der Waals surface area contributed by atoms with Gasteiger partial charge in [0.25, 0.3) is 0 Å². The molecule has 0 bridgehead atoms. The number of hydrogen-bond acceptors (Lipinski definition) is 3. The summed E-state index contributed by atoms with van der Waals surface area (Å²) in [6, 6.07) is -0.482. The molecule has 0 aliphatic heterocycles. The fourth-order valence-corrected chi connectivity index (χ4v) is 2.12. The van der Waals surface area contributed by atoms with E-state index < -0.39 is 18.0 Å². The van der Waals surface area contributed by atoms with E-state index in [1.807, 2.05) is 0 Å². The van der Waals surface area contributed by atoms with Crippen molar-refractivity contribution in [1.82, 2.24) is 15.5 Å². The second kappa shape index (κ2) is 8.79. The molecule has 0 fully saturated rings. The molecule has 0 rings (SSSR count). The van der Waals surface area contributed by atoms with Crippen LogP contribution in [0.3, 0.4) is 0 Å². The molecule has 0 aromatic carbocycles. The highest BCUT2D eigenvalue weighted by Gasteiger charge is 2.23. The van der Waals surface area contributed by atoms with Gasteiger partial charge in [-0.3, -0.25) is 4.90 Å². The summed E-state index contributed by atoms with van der Waals surface area (Å²) in [6.07, 6.45) is 0. The van der Waals surface area contributed by atoms with Crippen molar-refractivity contribution >= 4 is 12.0 Å². The van der Waals surface area contributed by atoms with E-state index in [0.29, 0.717) is 18.6 Å². The van der Waals surface area contributed by atoms with Gasteiger partial charge in [0, 0.05) is 25.2 Å². The van der Waals surface area contributed by atoms with Crippen LogP contribution in [0.5, 0.6) is 0 Å². The first-order valence-electron chi connectivity index (χ1n) is 7.19. The zero-order valence-corrected chi connectivity index (χ0v) is 13.4. The predicted molar refractivity (Wildman–Crippen MR) is 79.8 cm³/mol. The number of nitrogens with one attached hydrogen (secondary N) is 2. The number of urea groups is 1. The first kappa shape index (κ1) is 18.7. The molecule has 6 heteroatoms. The van der Waals surface area contributed by atoms with Gasteiger partial charge in [0.2, 0.25) is 0 Å². The lowest BCUT2D eigenvalue weighted by molar-refractivity contribution is -0.140. The molecule has 3 N–H and O–H groups in total. The maximum atomic E-state index is 11.7. The van der Waals surface area contributed by atoms with Crippen LogP contribution in [0.25, 0.3) is 0 Å². The van der Waals surface area contributed by atoms with E-state index in [-0.39, 0.29) is 5.92 Å². The molecule has 0 aromatic rings. The third-order valence-electron chi connectivity index (χ3n) is 3.20. The van der Waals surface area contributed by atoms with Crippen LogP contribution < -0.4 is 10.6 Å². The minimum atomic E-state index is -1.01. The molecule has 0 aliphatic rings. The number of aliphatic carboxylic acids is 1. The van der Waals surface area contributed by atoms with Gasteiger partial charge in [-0.15, -0.1) is 0 Å². The molecule has 0 aromatic heterocycles. The van der Waals surface area contributed by atoms with Crippen molar-refractivity contribution in [1.29, 1.82) is 0 Å². The van der Waals surface area contributed by atoms with Crippen LogP contribution in [0.2, 0.25) is 0 Å². The molecule has 2 amide bonds. The topological polar surface area (TPSA) is 81.7 Å². The molecule has 118 valence electrons. The minimum Gasteiger partial charge on any atom is -0.480 e. The van der Waals surface area contributed by atoms with Crippen LogP contribution in [0.1, 0.15) is 41.5 Å². The summed E-state index contributed by atoms with van der Waals surface area (Å²) in [5.41, 5.74) is 0. The fraction of sp³-hybridized carbons (Fsp3) is 0.857. The van der Waals surface area contributed by atoms with Gasteiger partial charge in [0.15, 0.2) is 0 Å². The predicted octanol–water partition coefficient (Wildman–Crippen LogP) is 1.51. The number of nitrogens with zero attached hydrogens (tertiary/aromatic N) is 1. The van der Waals surface area contributed by atoms with Crippen LogP contribution >= 0.6 is 0 Å². The van der Waals surface area contributed by atoms with Crippen LogP contribution in [0.4, 0.5) is 4.79 Å². The first-order valence-corrected chi connectivity index (χ1v) is 7.19. The molecule has 0 radical (unpaired) electrons. The van der Waals surface area contributed by atoms with Crippen LogP contribution in [-0.4, -0.2) is 53.2 Å². The van der Waals surface area contributed by atoms with Crippen molar-refractivity contribution in [2.75, 3.05) is 13.1 Å². The van der Waals surface area contributed by atoms with E-state index in [2.05, 4.69) is 43.2 Å². The fourth-order valence-electron chi connectivity index (χ4n) is 2.12. The number of hydrogen-bond donors (Lipinski definition) is 3. The Morgan fingerprint density at radius 1 is 1.05 bits per heavy atom. The third-order valence-corrected chi connectivity index (χ3v) is 3.20. The molecule has 0 saturated heterocycles. The Hall–Kier alpha value is -1.30. The van der Waals surface area contributed by atoms with Crippen LogP contribution in [0, 0.1) is 5.92 Å². The average molecular weight is 287 g/mol. The minimum absolute atomic E-state index is 0.152. The Labute approximate surface area is 121 Å². The second-order valence-electron chi connectivity index (χ2n) is 5.89. The van der Waals surface area contributed by atoms with Gasteiger partial charge in [-0.25, -0.2) is 9.59 Å².